The average Bonchev–Trinajstić information content (AvgIpc) is 3.16. The summed E-state index contributed by atoms with van der Waals surface area (Å²) in [5, 5.41) is 14.0. The van der Waals surface area contributed by atoms with Gasteiger partial charge in [0, 0.05) is 30.9 Å². The van der Waals surface area contributed by atoms with Crippen molar-refractivity contribution >= 4 is 34.2 Å². The molecule has 4 rings (SSSR count). The average molecular weight is 337 g/mol. The van der Waals surface area contributed by atoms with Crippen LogP contribution >= 0.6 is 0 Å². The molecule has 0 radical (unpaired) electrons. The largest absolute Gasteiger partial charge is 0.341 e. The Morgan fingerprint density at radius 2 is 2.00 bits per heavy atom. The standard InChI is InChI=1S/C16H15N7O2/c24-23(25)12-5-3-4-11(8-12)20-15-14-13(18-10-19-15)9-17-16(21-14)22-6-1-2-7-22/h3-5,8-10H,1-2,6-7H2,(H,18,19,20). The number of hydrogen-bond acceptors (Lipinski definition) is 8. The number of non-ortho nitro benzene ring substituents is 1. The summed E-state index contributed by atoms with van der Waals surface area (Å²) in [5.74, 6) is 1.15. The molecule has 0 bridgehead atoms. The molecule has 0 atom stereocenters. The van der Waals surface area contributed by atoms with Crippen LogP contribution in [-0.4, -0.2) is 37.9 Å². The van der Waals surface area contributed by atoms with Crippen molar-refractivity contribution in [2.24, 2.45) is 0 Å². The number of aromatic nitrogens is 4. The maximum atomic E-state index is 10.9. The van der Waals surface area contributed by atoms with Crippen molar-refractivity contribution in [1.29, 1.82) is 0 Å². The lowest BCUT2D eigenvalue weighted by molar-refractivity contribution is -0.384. The molecule has 0 saturated carbocycles. The van der Waals surface area contributed by atoms with E-state index in [0.29, 0.717) is 28.5 Å². The van der Waals surface area contributed by atoms with Crippen molar-refractivity contribution in [3.63, 3.8) is 0 Å². The van der Waals surface area contributed by atoms with E-state index < -0.39 is 4.92 Å². The van der Waals surface area contributed by atoms with Gasteiger partial charge in [0.05, 0.1) is 11.1 Å². The summed E-state index contributed by atoms with van der Waals surface area (Å²) < 4.78 is 0. The molecule has 3 heterocycles. The molecular formula is C16H15N7O2. The summed E-state index contributed by atoms with van der Waals surface area (Å²) in [6, 6.07) is 6.26. The monoisotopic (exact) mass is 337 g/mol. The quantitative estimate of drug-likeness (QED) is 0.571. The van der Waals surface area contributed by atoms with E-state index in [1.54, 1.807) is 18.3 Å². The van der Waals surface area contributed by atoms with E-state index in [1.807, 2.05) is 0 Å². The van der Waals surface area contributed by atoms with Crippen molar-refractivity contribution in [2.75, 3.05) is 23.3 Å². The van der Waals surface area contributed by atoms with Gasteiger partial charge < -0.3 is 10.2 Å². The summed E-state index contributed by atoms with van der Waals surface area (Å²) in [7, 11) is 0. The Bertz CT molecular complexity index is 941. The fraction of sp³-hybridized carbons (Fsp3) is 0.250. The van der Waals surface area contributed by atoms with Crippen LogP contribution in [-0.2, 0) is 0 Å². The number of benzene rings is 1. The van der Waals surface area contributed by atoms with Crippen LogP contribution in [0.3, 0.4) is 0 Å². The van der Waals surface area contributed by atoms with Crippen LogP contribution in [0.5, 0.6) is 0 Å². The van der Waals surface area contributed by atoms with Gasteiger partial charge in [-0.1, -0.05) is 6.07 Å². The van der Waals surface area contributed by atoms with E-state index in [0.717, 1.165) is 25.9 Å². The van der Waals surface area contributed by atoms with Gasteiger partial charge in [0.15, 0.2) is 5.82 Å². The van der Waals surface area contributed by atoms with Gasteiger partial charge in [-0.3, -0.25) is 10.1 Å². The van der Waals surface area contributed by atoms with E-state index in [9.17, 15) is 10.1 Å². The predicted octanol–water partition coefficient (Wildman–Crippen LogP) is 2.67. The zero-order valence-corrected chi connectivity index (χ0v) is 13.3. The third-order valence-electron chi connectivity index (χ3n) is 4.07. The maximum absolute atomic E-state index is 10.9. The number of fused-ring (bicyclic) bond motifs is 1. The molecule has 9 heteroatoms. The minimum atomic E-state index is -0.434. The summed E-state index contributed by atoms with van der Waals surface area (Å²) in [6.45, 7) is 1.87. The van der Waals surface area contributed by atoms with Gasteiger partial charge in [-0.15, -0.1) is 0 Å². The second-order valence-electron chi connectivity index (χ2n) is 5.75. The lowest BCUT2D eigenvalue weighted by atomic mass is 10.3. The van der Waals surface area contributed by atoms with E-state index in [2.05, 4.69) is 30.2 Å². The Hall–Kier alpha value is -3.36. The molecule has 3 aromatic rings. The molecule has 1 N–H and O–H groups in total. The van der Waals surface area contributed by atoms with E-state index in [1.165, 1.54) is 18.5 Å². The summed E-state index contributed by atoms with van der Waals surface area (Å²) in [6.07, 6.45) is 5.36. The van der Waals surface area contributed by atoms with Gasteiger partial charge >= 0.3 is 0 Å². The molecule has 0 unspecified atom stereocenters. The molecule has 1 aliphatic rings. The number of nitro groups is 1. The number of hydrogen-bond donors (Lipinski definition) is 1. The zero-order valence-electron chi connectivity index (χ0n) is 13.3. The number of rotatable bonds is 4. The first-order chi connectivity index (χ1) is 12.2. The van der Waals surface area contributed by atoms with Gasteiger partial charge in [-0.2, -0.15) is 0 Å². The van der Waals surface area contributed by atoms with E-state index >= 15 is 0 Å². The highest BCUT2D eigenvalue weighted by Crippen LogP contribution is 2.25. The van der Waals surface area contributed by atoms with E-state index in [4.69, 9.17) is 0 Å². The molecule has 9 nitrogen and oxygen atoms in total. The van der Waals surface area contributed by atoms with E-state index in [-0.39, 0.29) is 5.69 Å². The van der Waals surface area contributed by atoms with Gasteiger partial charge in [0.25, 0.3) is 5.69 Å². The van der Waals surface area contributed by atoms with Crippen molar-refractivity contribution in [3.05, 3.63) is 46.9 Å². The first-order valence-corrected chi connectivity index (χ1v) is 7.95. The van der Waals surface area contributed by atoms with Crippen molar-refractivity contribution in [3.8, 4) is 0 Å². The van der Waals surface area contributed by atoms with Crippen molar-refractivity contribution < 1.29 is 4.92 Å². The minimum Gasteiger partial charge on any atom is -0.341 e. The third kappa shape index (κ3) is 3.03. The van der Waals surface area contributed by atoms with Crippen LogP contribution in [0.2, 0.25) is 0 Å². The molecule has 1 fully saturated rings. The van der Waals surface area contributed by atoms with Gasteiger partial charge in [-0.05, 0) is 18.9 Å². The van der Waals surface area contributed by atoms with Crippen LogP contribution in [0.15, 0.2) is 36.8 Å². The number of nitrogens with zero attached hydrogens (tertiary/aromatic N) is 6. The Balaban J connectivity index is 1.72. The zero-order chi connectivity index (χ0) is 17.2. The molecule has 1 aromatic carbocycles. The summed E-state index contributed by atoms with van der Waals surface area (Å²) in [4.78, 5) is 30.1. The fourth-order valence-electron chi connectivity index (χ4n) is 2.84. The van der Waals surface area contributed by atoms with Crippen LogP contribution in [0.4, 0.5) is 23.1 Å². The normalized spacial score (nSPS) is 14.0. The lowest BCUT2D eigenvalue weighted by Crippen LogP contribution is -2.20. The summed E-state index contributed by atoms with van der Waals surface area (Å²) >= 11 is 0. The molecule has 126 valence electrons. The fourth-order valence-corrected chi connectivity index (χ4v) is 2.84. The first-order valence-electron chi connectivity index (χ1n) is 7.95. The van der Waals surface area contributed by atoms with Crippen molar-refractivity contribution in [1.82, 2.24) is 19.9 Å². The predicted molar refractivity (Wildman–Crippen MR) is 93.0 cm³/mol. The van der Waals surface area contributed by atoms with Crippen LogP contribution in [0.1, 0.15) is 12.8 Å². The molecule has 0 spiro atoms. The molecule has 0 aliphatic carbocycles. The Labute approximate surface area is 142 Å². The molecule has 2 aromatic heterocycles. The highest BCUT2D eigenvalue weighted by Gasteiger charge is 2.17. The molecule has 25 heavy (non-hydrogen) atoms. The van der Waals surface area contributed by atoms with Gasteiger partial charge in [-0.25, -0.2) is 19.9 Å². The Kier molecular flexibility index (Phi) is 3.81. The highest BCUT2D eigenvalue weighted by molar-refractivity contribution is 5.87. The second kappa shape index (κ2) is 6.27. The SMILES string of the molecule is O=[N+]([O-])c1cccc(Nc2ncnc3cnc(N4CCCC4)nc23)c1. The minimum absolute atomic E-state index is 0.00995. The van der Waals surface area contributed by atoms with Gasteiger partial charge in [0.1, 0.15) is 17.4 Å². The number of nitrogens with one attached hydrogen (secondary N) is 1. The molecular weight excluding hydrogens is 322 g/mol. The molecule has 1 saturated heterocycles. The summed E-state index contributed by atoms with van der Waals surface area (Å²) in [5.41, 5.74) is 1.78. The maximum Gasteiger partial charge on any atom is 0.271 e. The lowest BCUT2D eigenvalue weighted by Gasteiger charge is -2.15. The Morgan fingerprint density at radius 3 is 2.80 bits per heavy atom. The topological polar surface area (TPSA) is 110 Å². The number of anilines is 3. The number of nitro benzene ring substituents is 1. The van der Waals surface area contributed by atoms with Crippen LogP contribution in [0, 0.1) is 10.1 Å². The third-order valence-corrected chi connectivity index (χ3v) is 4.07. The highest BCUT2D eigenvalue weighted by atomic mass is 16.6. The first kappa shape index (κ1) is 15.2. The van der Waals surface area contributed by atoms with Crippen LogP contribution < -0.4 is 10.2 Å². The Morgan fingerprint density at radius 1 is 1.16 bits per heavy atom. The van der Waals surface area contributed by atoms with Gasteiger partial charge in [0.2, 0.25) is 5.95 Å². The second-order valence-corrected chi connectivity index (χ2v) is 5.75. The van der Waals surface area contributed by atoms with Crippen LogP contribution in [0.25, 0.3) is 11.0 Å². The molecule has 0 amide bonds. The van der Waals surface area contributed by atoms with Crippen molar-refractivity contribution in [2.45, 2.75) is 12.8 Å². The smallest absolute Gasteiger partial charge is 0.271 e. The molecule has 1 aliphatic heterocycles.